The highest BCUT2D eigenvalue weighted by Crippen LogP contribution is 2.27. The molecule has 29 heavy (non-hydrogen) atoms. The number of likely N-dealkylation sites (tertiary alicyclic amines) is 1. The first kappa shape index (κ1) is 24.4. The molecule has 2 aliphatic heterocycles. The number of hydrogen-bond donors (Lipinski definition) is 1. The SMILES string of the molecule is CCNC(=NCC(C)(C)c1cccs1)N1CCN(CC(=O)N2CCCC2)CC1.I. The van der Waals surface area contributed by atoms with Gasteiger partial charge in [-0.3, -0.25) is 14.7 Å². The Hall–Kier alpha value is -0.870. The molecule has 164 valence electrons. The summed E-state index contributed by atoms with van der Waals surface area (Å²) in [6.45, 7) is 14.4. The predicted octanol–water partition coefficient (Wildman–Crippen LogP) is 2.85. The Morgan fingerprint density at radius 3 is 2.41 bits per heavy atom. The molecule has 0 saturated carbocycles. The highest BCUT2D eigenvalue weighted by molar-refractivity contribution is 14.0. The molecule has 8 heteroatoms. The van der Waals surface area contributed by atoms with Gasteiger partial charge in [-0.1, -0.05) is 19.9 Å². The molecule has 1 N–H and O–H groups in total. The van der Waals surface area contributed by atoms with Gasteiger partial charge in [-0.25, -0.2) is 0 Å². The fourth-order valence-corrected chi connectivity index (χ4v) is 4.66. The molecule has 2 aliphatic rings. The molecule has 0 unspecified atom stereocenters. The second-order valence-corrected chi connectivity index (χ2v) is 9.33. The first-order chi connectivity index (χ1) is 13.5. The number of guanidine groups is 1. The number of hydrogen-bond acceptors (Lipinski definition) is 4. The summed E-state index contributed by atoms with van der Waals surface area (Å²) in [5, 5.41) is 5.59. The summed E-state index contributed by atoms with van der Waals surface area (Å²) in [5.74, 6) is 1.29. The second-order valence-electron chi connectivity index (χ2n) is 8.38. The van der Waals surface area contributed by atoms with E-state index in [9.17, 15) is 4.79 Å². The zero-order valence-corrected chi connectivity index (χ0v) is 21.2. The monoisotopic (exact) mass is 533 g/mol. The zero-order chi connectivity index (χ0) is 20.0. The Labute approximate surface area is 196 Å². The molecule has 6 nitrogen and oxygen atoms in total. The summed E-state index contributed by atoms with van der Waals surface area (Å²) in [6, 6.07) is 4.31. The smallest absolute Gasteiger partial charge is 0.236 e. The number of aliphatic imine (C=N–C) groups is 1. The average molecular weight is 534 g/mol. The molecule has 2 saturated heterocycles. The van der Waals surface area contributed by atoms with Crippen molar-refractivity contribution in [3.05, 3.63) is 22.4 Å². The third-order valence-electron chi connectivity index (χ3n) is 5.64. The van der Waals surface area contributed by atoms with Gasteiger partial charge in [-0.05, 0) is 31.2 Å². The molecule has 0 aliphatic carbocycles. The Kier molecular flexibility index (Phi) is 9.68. The first-order valence-corrected chi connectivity index (χ1v) is 11.4. The van der Waals surface area contributed by atoms with E-state index >= 15 is 0 Å². The van der Waals surface area contributed by atoms with Gasteiger partial charge in [0.2, 0.25) is 5.91 Å². The van der Waals surface area contributed by atoms with Gasteiger partial charge in [0.05, 0.1) is 13.1 Å². The standard InChI is InChI=1S/C21H35N5OS.HI/c1-4-22-20(23-17-21(2,3)18-8-7-15-28-18)26-13-11-24(12-14-26)16-19(27)25-9-5-6-10-25;/h7-8,15H,4-6,9-14,16-17H2,1-3H3,(H,22,23);1H. The lowest BCUT2D eigenvalue weighted by molar-refractivity contribution is -0.131. The second kappa shape index (κ2) is 11.5. The molecule has 3 heterocycles. The number of thiophene rings is 1. The van der Waals surface area contributed by atoms with Crippen LogP contribution in [0.25, 0.3) is 0 Å². The molecule has 1 amide bonds. The van der Waals surface area contributed by atoms with Crippen molar-refractivity contribution in [3.8, 4) is 0 Å². The minimum Gasteiger partial charge on any atom is -0.357 e. The van der Waals surface area contributed by atoms with E-state index in [-0.39, 0.29) is 29.4 Å². The predicted molar refractivity (Wildman–Crippen MR) is 133 cm³/mol. The molecule has 0 spiro atoms. The number of carbonyl (C=O) groups excluding carboxylic acids is 1. The summed E-state index contributed by atoms with van der Waals surface area (Å²) in [4.78, 5) is 25.4. The Balaban J connectivity index is 0.00000300. The fourth-order valence-electron chi connectivity index (χ4n) is 3.82. The van der Waals surface area contributed by atoms with Crippen molar-refractivity contribution in [2.24, 2.45) is 4.99 Å². The third kappa shape index (κ3) is 6.82. The van der Waals surface area contributed by atoms with Gasteiger partial charge in [0.15, 0.2) is 5.96 Å². The summed E-state index contributed by atoms with van der Waals surface area (Å²) < 4.78 is 0. The van der Waals surface area contributed by atoms with E-state index in [0.29, 0.717) is 12.5 Å². The summed E-state index contributed by atoms with van der Waals surface area (Å²) in [7, 11) is 0. The lowest BCUT2D eigenvalue weighted by atomic mass is 9.92. The molecule has 0 bridgehead atoms. The largest absolute Gasteiger partial charge is 0.357 e. The highest BCUT2D eigenvalue weighted by Gasteiger charge is 2.26. The summed E-state index contributed by atoms with van der Waals surface area (Å²) in [5.41, 5.74) is 0.0405. The molecule has 2 fully saturated rings. The lowest BCUT2D eigenvalue weighted by Crippen LogP contribution is -2.54. The Bertz CT molecular complexity index is 650. The van der Waals surface area contributed by atoms with Gasteiger partial charge in [0, 0.05) is 56.1 Å². The number of rotatable bonds is 6. The van der Waals surface area contributed by atoms with Crippen LogP contribution in [0.3, 0.4) is 0 Å². The van der Waals surface area contributed by atoms with Crippen LogP contribution in [-0.4, -0.2) is 85.5 Å². The Morgan fingerprint density at radius 1 is 1.14 bits per heavy atom. The van der Waals surface area contributed by atoms with Crippen molar-refractivity contribution in [2.75, 3.05) is 58.9 Å². The van der Waals surface area contributed by atoms with Crippen LogP contribution < -0.4 is 5.32 Å². The van der Waals surface area contributed by atoms with Crippen LogP contribution in [0.15, 0.2) is 22.5 Å². The number of halogens is 1. The number of nitrogens with one attached hydrogen (secondary N) is 1. The molecule has 1 aromatic rings. The fraction of sp³-hybridized carbons (Fsp3) is 0.714. The number of carbonyl (C=O) groups is 1. The van der Waals surface area contributed by atoms with Crippen molar-refractivity contribution in [1.29, 1.82) is 0 Å². The first-order valence-electron chi connectivity index (χ1n) is 10.6. The van der Waals surface area contributed by atoms with Gasteiger partial charge in [-0.15, -0.1) is 35.3 Å². The third-order valence-corrected chi connectivity index (χ3v) is 6.87. The number of amides is 1. The maximum absolute atomic E-state index is 12.4. The van der Waals surface area contributed by atoms with Crippen molar-refractivity contribution >= 4 is 47.2 Å². The topological polar surface area (TPSA) is 51.2 Å². The van der Waals surface area contributed by atoms with Crippen molar-refractivity contribution in [3.63, 3.8) is 0 Å². The molecule has 3 rings (SSSR count). The minimum atomic E-state index is 0. The van der Waals surface area contributed by atoms with E-state index in [1.807, 2.05) is 4.90 Å². The van der Waals surface area contributed by atoms with Gasteiger partial charge < -0.3 is 15.1 Å². The summed E-state index contributed by atoms with van der Waals surface area (Å²) in [6.07, 6.45) is 2.31. The maximum Gasteiger partial charge on any atom is 0.236 e. The van der Waals surface area contributed by atoms with Gasteiger partial charge in [0.25, 0.3) is 0 Å². The van der Waals surface area contributed by atoms with E-state index in [0.717, 1.165) is 71.2 Å². The van der Waals surface area contributed by atoms with E-state index in [2.05, 4.69) is 53.4 Å². The van der Waals surface area contributed by atoms with Gasteiger partial charge >= 0.3 is 0 Å². The Morgan fingerprint density at radius 2 is 1.83 bits per heavy atom. The lowest BCUT2D eigenvalue weighted by Gasteiger charge is -2.37. The van der Waals surface area contributed by atoms with Crippen molar-refractivity contribution in [1.82, 2.24) is 20.0 Å². The number of piperazine rings is 1. The van der Waals surface area contributed by atoms with Crippen LogP contribution in [0.5, 0.6) is 0 Å². The maximum atomic E-state index is 12.4. The van der Waals surface area contributed by atoms with Crippen LogP contribution >= 0.6 is 35.3 Å². The van der Waals surface area contributed by atoms with Gasteiger partial charge in [-0.2, -0.15) is 0 Å². The summed E-state index contributed by atoms with van der Waals surface area (Å²) >= 11 is 1.80. The minimum absolute atomic E-state index is 0. The van der Waals surface area contributed by atoms with Crippen LogP contribution in [-0.2, 0) is 10.2 Å². The molecule has 1 aromatic heterocycles. The molecular formula is C21H36IN5OS. The normalized spacial score (nSPS) is 18.7. The van der Waals surface area contributed by atoms with E-state index in [4.69, 9.17) is 4.99 Å². The van der Waals surface area contributed by atoms with Crippen molar-refractivity contribution in [2.45, 2.75) is 39.0 Å². The van der Waals surface area contributed by atoms with Gasteiger partial charge in [0.1, 0.15) is 0 Å². The molecule has 0 atom stereocenters. The highest BCUT2D eigenvalue weighted by atomic mass is 127. The molecule has 0 aromatic carbocycles. The van der Waals surface area contributed by atoms with E-state index < -0.39 is 0 Å². The van der Waals surface area contributed by atoms with Crippen LogP contribution in [0.4, 0.5) is 0 Å². The molecular weight excluding hydrogens is 497 g/mol. The quantitative estimate of drug-likeness (QED) is 0.347. The van der Waals surface area contributed by atoms with E-state index in [1.54, 1.807) is 11.3 Å². The van der Waals surface area contributed by atoms with Crippen LogP contribution in [0.1, 0.15) is 38.5 Å². The van der Waals surface area contributed by atoms with E-state index in [1.165, 1.54) is 4.88 Å². The molecule has 0 radical (unpaired) electrons. The van der Waals surface area contributed by atoms with Crippen molar-refractivity contribution < 1.29 is 4.79 Å². The van der Waals surface area contributed by atoms with Crippen LogP contribution in [0, 0.1) is 0 Å². The zero-order valence-electron chi connectivity index (χ0n) is 18.0. The van der Waals surface area contributed by atoms with Crippen LogP contribution in [0.2, 0.25) is 0 Å². The number of nitrogens with zero attached hydrogens (tertiary/aromatic N) is 4. The average Bonchev–Trinajstić information content (AvgIpc) is 3.40.